The third-order valence-electron chi connectivity index (χ3n) is 5.32. The van der Waals surface area contributed by atoms with Crippen LogP contribution < -0.4 is 5.32 Å². The van der Waals surface area contributed by atoms with E-state index in [9.17, 15) is 14.0 Å². The highest BCUT2D eigenvalue weighted by Gasteiger charge is 2.27. The Morgan fingerprint density at radius 1 is 1.00 bits per heavy atom. The molecule has 0 spiro atoms. The Balaban J connectivity index is 1.61. The first kappa shape index (κ1) is 21.8. The van der Waals surface area contributed by atoms with Crippen molar-refractivity contribution in [3.05, 3.63) is 71.1 Å². The normalized spacial score (nSPS) is 13.8. The number of carbonyl (C=O) groups is 2. The fourth-order valence-electron chi connectivity index (χ4n) is 3.63. The molecule has 3 amide bonds. The number of rotatable bonds is 4. The van der Waals surface area contributed by atoms with Crippen LogP contribution in [0.15, 0.2) is 54.6 Å². The van der Waals surface area contributed by atoms with Gasteiger partial charge in [-0.2, -0.15) is 5.10 Å². The van der Waals surface area contributed by atoms with Gasteiger partial charge in [0.15, 0.2) is 5.69 Å². The molecule has 1 N–H and O–H groups in total. The number of aromatic nitrogens is 2. The molecule has 3 aromatic rings. The maximum absolute atomic E-state index is 13.4. The Kier molecular flexibility index (Phi) is 6.41. The highest BCUT2D eigenvalue weighted by Crippen LogP contribution is 2.26. The van der Waals surface area contributed by atoms with Gasteiger partial charge in [-0.05, 0) is 49.4 Å². The molecule has 2 heterocycles. The van der Waals surface area contributed by atoms with Gasteiger partial charge >= 0.3 is 6.03 Å². The lowest BCUT2D eigenvalue weighted by Gasteiger charge is -2.34. The predicted octanol–water partition coefficient (Wildman–Crippen LogP) is 3.82. The van der Waals surface area contributed by atoms with E-state index in [2.05, 4.69) is 10.4 Å². The fraction of sp³-hybridized carbons (Fsp3) is 0.261. The average molecular weight is 456 g/mol. The van der Waals surface area contributed by atoms with E-state index < -0.39 is 0 Å². The third-order valence-corrected chi connectivity index (χ3v) is 5.57. The molecule has 9 heteroatoms. The number of nitrogens with zero attached hydrogens (tertiary/aromatic N) is 4. The van der Waals surface area contributed by atoms with Crippen molar-refractivity contribution in [3.8, 4) is 16.9 Å². The van der Waals surface area contributed by atoms with Crippen molar-refractivity contribution in [3.63, 3.8) is 0 Å². The van der Waals surface area contributed by atoms with Gasteiger partial charge in [0.25, 0.3) is 5.91 Å². The zero-order chi connectivity index (χ0) is 22.7. The summed E-state index contributed by atoms with van der Waals surface area (Å²) in [5, 5.41) is 7.92. The van der Waals surface area contributed by atoms with Crippen molar-refractivity contribution in [2.45, 2.75) is 6.92 Å². The molecular formula is C23H23ClFN5O2. The molecule has 7 nitrogen and oxygen atoms in total. The van der Waals surface area contributed by atoms with Crippen molar-refractivity contribution >= 4 is 23.5 Å². The van der Waals surface area contributed by atoms with Crippen LogP contribution in [-0.2, 0) is 0 Å². The van der Waals surface area contributed by atoms with Crippen molar-refractivity contribution in [2.75, 3.05) is 32.7 Å². The van der Waals surface area contributed by atoms with Crippen molar-refractivity contribution in [1.82, 2.24) is 24.9 Å². The number of urea groups is 1. The monoisotopic (exact) mass is 455 g/mol. The topological polar surface area (TPSA) is 70.5 Å². The maximum Gasteiger partial charge on any atom is 0.317 e. The van der Waals surface area contributed by atoms with E-state index >= 15 is 0 Å². The summed E-state index contributed by atoms with van der Waals surface area (Å²) in [6.07, 6.45) is 0. The minimum atomic E-state index is -0.352. The van der Waals surface area contributed by atoms with Crippen LogP contribution in [0, 0.1) is 5.82 Å². The Hall–Kier alpha value is -3.39. The Morgan fingerprint density at radius 3 is 2.25 bits per heavy atom. The molecule has 1 aromatic heterocycles. The Labute approximate surface area is 190 Å². The van der Waals surface area contributed by atoms with Crippen LogP contribution in [0.25, 0.3) is 16.9 Å². The van der Waals surface area contributed by atoms with E-state index in [4.69, 9.17) is 11.6 Å². The van der Waals surface area contributed by atoms with E-state index in [1.807, 2.05) is 19.1 Å². The molecule has 166 valence electrons. The van der Waals surface area contributed by atoms with Crippen LogP contribution in [0.3, 0.4) is 0 Å². The number of amides is 3. The number of halogens is 2. The number of carbonyl (C=O) groups excluding carboxylic acids is 2. The number of hydrogen-bond donors (Lipinski definition) is 1. The van der Waals surface area contributed by atoms with Gasteiger partial charge in [0.1, 0.15) is 5.82 Å². The number of hydrogen-bond acceptors (Lipinski definition) is 3. The summed E-state index contributed by atoms with van der Waals surface area (Å²) in [5.41, 5.74) is 2.44. The van der Waals surface area contributed by atoms with E-state index in [-0.39, 0.29) is 23.4 Å². The van der Waals surface area contributed by atoms with Crippen LogP contribution in [0.5, 0.6) is 0 Å². The molecule has 0 radical (unpaired) electrons. The molecule has 1 aliphatic rings. The van der Waals surface area contributed by atoms with E-state index in [0.29, 0.717) is 49.1 Å². The van der Waals surface area contributed by atoms with Crippen molar-refractivity contribution in [2.24, 2.45) is 0 Å². The van der Waals surface area contributed by atoms with Gasteiger partial charge in [0, 0.05) is 43.3 Å². The molecule has 4 rings (SSSR count). The minimum Gasteiger partial charge on any atom is -0.338 e. The molecule has 2 aromatic carbocycles. The largest absolute Gasteiger partial charge is 0.338 e. The summed E-state index contributed by atoms with van der Waals surface area (Å²) >= 11 is 6.03. The van der Waals surface area contributed by atoms with Gasteiger partial charge in [-0.15, -0.1) is 0 Å². The fourth-order valence-corrected chi connectivity index (χ4v) is 3.75. The SMILES string of the molecule is CCNC(=O)N1CCN(C(=O)c2cc(-c3ccc(Cl)cc3)n(-c3ccc(F)cc3)n2)CC1. The minimum absolute atomic E-state index is 0.120. The first-order valence-electron chi connectivity index (χ1n) is 10.4. The van der Waals surface area contributed by atoms with Gasteiger partial charge in [-0.25, -0.2) is 13.9 Å². The molecule has 1 aliphatic heterocycles. The molecule has 0 aliphatic carbocycles. The standard InChI is InChI=1S/C23H23ClFN5O2/c1-2-26-23(32)29-13-11-28(12-14-29)22(31)20-15-21(16-3-5-17(24)6-4-16)30(27-20)19-9-7-18(25)8-10-19/h3-10,15H,2,11-14H2,1H3,(H,26,32). The molecular weight excluding hydrogens is 433 g/mol. The lowest BCUT2D eigenvalue weighted by Crippen LogP contribution is -2.53. The first-order valence-corrected chi connectivity index (χ1v) is 10.8. The molecule has 0 atom stereocenters. The summed E-state index contributed by atoms with van der Waals surface area (Å²) in [6.45, 7) is 4.20. The van der Waals surface area contributed by atoms with Gasteiger partial charge in [-0.1, -0.05) is 23.7 Å². The summed E-state index contributed by atoms with van der Waals surface area (Å²) in [6, 6.07) is 14.8. The molecule has 32 heavy (non-hydrogen) atoms. The molecule has 0 unspecified atom stereocenters. The van der Waals surface area contributed by atoms with Crippen LogP contribution in [0.4, 0.5) is 9.18 Å². The zero-order valence-corrected chi connectivity index (χ0v) is 18.3. The van der Waals surface area contributed by atoms with E-state index in [0.717, 1.165) is 5.56 Å². The molecule has 1 saturated heterocycles. The first-order chi connectivity index (χ1) is 15.5. The van der Waals surface area contributed by atoms with Crippen LogP contribution in [0.1, 0.15) is 17.4 Å². The maximum atomic E-state index is 13.4. The van der Waals surface area contributed by atoms with E-state index in [1.54, 1.807) is 44.8 Å². The highest BCUT2D eigenvalue weighted by molar-refractivity contribution is 6.30. The summed E-state index contributed by atoms with van der Waals surface area (Å²) in [4.78, 5) is 28.6. The number of piperazine rings is 1. The lowest BCUT2D eigenvalue weighted by atomic mass is 10.1. The van der Waals surface area contributed by atoms with Gasteiger partial charge in [0.05, 0.1) is 11.4 Å². The number of nitrogens with one attached hydrogen (secondary N) is 1. The van der Waals surface area contributed by atoms with Crippen LogP contribution in [-0.4, -0.2) is 64.2 Å². The Bertz CT molecular complexity index is 1040. The van der Waals surface area contributed by atoms with Crippen molar-refractivity contribution in [1.29, 1.82) is 0 Å². The molecule has 0 bridgehead atoms. The Morgan fingerprint density at radius 2 is 1.62 bits per heavy atom. The smallest absolute Gasteiger partial charge is 0.317 e. The van der Waals surface area contributed by atoms with Crippen LogP contribution in [0.2, 0.25) is 5.02 Å². The lowest BCUT2D eigenvalue weighted by molar-refractivity contribution is 0.0659. The van der Waals surface area contributed by atoms with Crippen LogP contribution >= 0.6 is 11.6 Å². The summed E-state index contributed by atoms with van der Waals surface area (Å²) < 4.78 is 15.1. The van der Waals surface area contributed by atoms with Crippen molar-refractivity contribution < 1.29 is 14.0 Å². The molecule has 0 saturated carbocycles. The van der Waals surface area contributed by atoms with E-state index in [1.165, 1.54) is 12.1 Å². The molecule has 1 fully saturated rings. The average Bonchev–Trinajstić information content (AvgIpc) is 3.25. The van der Waals surface area contributed by atoms with Gasteiger partial charge in [0.2, 0.25) is 0 Å². The second-order valence-corrected chi connectivity index (χ2v) is 7.86. The predicted molar refractivity (Wildman–Crippen MR) is 121 cm³/mol. The quantitative estimate of drug-likeness (QED) is 0.650. The number of benzene rings is 2. The van der Waals surface area contributed by atoms with Gasteiger partial charge < -0.3 is 15.1 Å². The highest BCUT2D eigenvalue weighted by atomic mass is 35.5. The second-order valence-electron chi connectivity index (χ2n) is 7.42. The second kappa shape index (κ2) is 9.40. The summed E-state index contributed by atoms with van der Waals surface area (Å²) in [7, 11) is 0. The third kappa shape index (κ3) is 4.60. The van der Waals surface area contributed by atoms with Gasteiger partial charge in [-0.3, -0.25) is 4.79 Å². The summed E-state index contributed by atoms with van der Waals surface area (Å²) in [5.74, 6) is -0.563. The zero-order valence-electron chi connectivity index (χ0n) is 17.6.